The third-order valence-corrected chi connectivity index (χ3v) is 5.56. The molecular formula is C24H17F3N8O2. The number of rotatable bonds is 6. The van der Waals surface area contributed by atoms with Gasteiger partial charge in [-0.1, -0.05) is 12.1 Å². The first-order valence-electron chi connectivity index (χ1n) is 11.0. The van der Waals surface area contributed by atoms with Gasteiger partial charge < -0.3 is 24.7 Å². The highest BCUT2D eigenvalue weighted by Crippen LogP contribution is 2.36. The van der Waals surface area contributed by atoms with Crippen molar-refractivity contribution in [1.29, 1.82) is 0 Å². The van der Waals surface area contributed by atoms with Gasteiger partial charge in [0, 0.05) is 18.0 Å². The van der Waals surface area contributed by atoms with E-state index in [1.165, 1.54) is 18.5 Å². The maximum atomic E-state index is 13.0. The number of aromatic nitrogens is 6. The van der Waals surface area contributed by atoms with Crippen molar-refractivity contribution in [3.8, 4) is 11.5 Å². The lowest BCUT2D eigenvalue weighted by atomic mass is 10.1. The van der Waals surface area contributed by atoms with Crippen molar-refractivity contribution >= 4 is 34.4 Å². The molecular weight excluding hydrogens is 489 g/mol. The van der Waals surface area contributed by atoms with Gasteiger partial charge in [-0.15, -0.1) is 0 Å². The normalized spacial score (nSPS) is 12.6. The molecule has 1 aliphatic rings. The Bertz CT molecular complexity index is 1570. The van der Waals surface area contributed by atoms with Crippen LogP contribution in [-0.2, 0) is 12.7 Å². The average molecular weight is 506 g/mol. The van der Waals surface area contributed by atoms with Crippen LogP contribution in [0.15, 0.2) is 67.4 Å². The maximum Gasteiger partial charge on any atom is 0.416 e. The SMILES string of the molecule is FC(F)(F)c1ccc(Cn2cnc3c(Nc4ccc5c(c4)OCO5)nc(Nc4ccncn4)nc32)cc1. The van der Waals surface area contributed by atoms with E-state index in [-0.39, 0.29) is 19.3 Å². The topological polar surface area (TPSA) is 112 Å². The quantitative estimate of drug-likeness (QED) is 0.332. The Morgan fingerprint density at radius 3 is 2.54 bits per heavy atom. The molecule has 0 radical (unpaired) electrons. The Morgan fingerprint density at radius 1 is 0.919 bits per heavy atom. The van der Waals surface area contributed by atoms with Crippen molar-refractivity contribution in [2.45, 2.75) is 12.7 Å². The second kappa shape index (κ2) is 8.93. The number of nitrogens with one attached hydrogen (secondary N) is 2. The predicted octanol–water partition coefficient (Wildman–Crippen LogP) is 4.90. The molecule has 6 rings (SSSR count). The van der Waals surface area contributed by atoms with Crippen molar-refractivity contribution in [2.75, 3.05) is 17.4 Å². The number of nitrogens with zero attached hydrogens (tertiary/aromatic N) is 6. The fraction of sp³-hybridized carbons (Fsp3) is 0.125. The molecule has 0 saturated heterocycles. The van der Waals surface area contributed by atoms with Crippen LogP contribution in [0.2, 0.25) is 0 Å². The number of alkyl halides is 3. The fourth-order valence-corrected chi connectivity index (χ4v) is 3.79. The molecule has 10 nitrogen and oxygen atoms in total. The van der Waals surface area contributed by atoms with Crippen LogP contribution in [-0.4, -0.2) is 36.3 Å². The molecule has 0 bridgehead atoms. The fourth-order valence-electron chi connectivity index (χ4n) is 3.79. The van der Waals surface area contributed by atoms with Crippen molar-refractivity contribution in [1.82, 2.24) is 29.5 Å². The van der Waals surface area contributed by atoms with E-state index in [1.807, 2.05) is 6.07 Å². The molecule has 13 heteroatoms. The van der Waals surface area contributed by atoms with E-state index in [1.54, 1.807) is 35.3 Å². The van der Waals surface area contributed by atoms with E-state index in [9.17, 15) is 13.2 Å². The van der Waals surface area contributed by atoms with Gasteiger partial charge >= 0.3 is 6.18 Å². The smallest absolute Gasteiger partial charge is 0.416 e. The zero-order chi connectivity index (χ0) is 25.4. The molecule has 2 aromatic carbocycles. The summed E-state index contributed by atoms with van der Waals surface area (Å²) in [4.78, 5) is 21.7. The molecule has 0 aliphatic carbocycles. The molecule has 0 unspecified atom stereocenters. The lowest BCUT2D eigenvalue weighted by Gasteiger charge is -2.11. The Labute approximate surface area is 207 Å². The summed E-state index contributed by atoms with van der Waals surface area (Å²) in [6.07, 6.45) is 0.136. The van der Waals surface area contributed by atoms with E-state index in [4.69, 9.17) is 9.47 Å². The minimum atomic E-state index is -4.40. The summed E-state index contributed by atoms with van der Waals surface area (Å²) in [5.41, 5.74) is 1.57. The van der Waals surface area contributed by atoms with Gasteiger partial charge in [0.05, 0.1) is 18.4 Å². The summed E-state index contributed by atoms with van der Waals surface area (Å²) in [5, 5.41) is 6.29. The number of imidazole rings is 1. The van der Waals surface area contributed by atoms with Crippen LogP contribution >= 0.6 is 0 Å². The van der Waals surface area contributed by atoms with Crippen molar-refractivity contribution < 1.29 is 22.6 Å². The largest absolute Gasteiger partial charge is 0.454 e. The molecule has 0 fully saturated rings. The molecule has 2 N–H and O–H groups in total. The molecule has 0 saturated carbocycles. The summed E-state index contributed by atoms with van der Waals surface area (Å²) in [7, 11) is 0. The van der Waals surface area contributed by atoms with E-state index in [2.05, 4.69) is 35.6 Å². The van der Waals surface area contributed by atoms with Gasteiger partial charge in [-0.25, -0.2) is 15.0 Å². The second-order valence-electron chi connectivity index (χ2n) is 8.05. The molecule has 0 spiro atoms. The highest BCUT2D eigenvalue weighted by atomic mass is 19.4. The highest BCUT2D eigenvalue weighted by Gasteiger charge is 2.30. The number of ether oxygens (including phenoxy) is 2. The summed E-state index contributed by atoms with van der Waals surface area (Å²) >= 11 is 0. The van der Waals surface area contributed by atoms with Crippen LogP contribution in [0.3, 0.4) is 0 Å². The summed E-state index contributed by atoms with van der Waals surface area (Å²) in [5.74, 6) is 2.38. The zero-order valence-electron chi connectivity index (χ0n) is 18.9. The summed E-state index contributed by atoms with van der Waals surface area (Å²) in [6, 6.07) is 12.0. The number of halogens is 3. The third-order valence-electron chi connectivity index (χ3n) is 5.56. The maximum absolute atomic E-state index is 13.0. The molecule has 0 atom stereocenters. The molecule has 0 amide bonds. The van der Waals surface area contributed by atoms with Crippen LogP contribution < -0.4 is 20.1 Å². The van der Waals surface area contributed by atoms with E-state index >= 15 is 0 Å². The van der Waals surface area contributed by atoms with E-state index < -0.39 is 11.7 Å². The van der Waals surface area contributed by atoms with Gasteiger partial charge in [-0.2, -0.15) is 23.1 Å². The lowest BCUT2D eigenvalue weighted by Crippen LogP contribution is -2.07. The molecule has 186 valence electrons. The minimum Gasteiger partial charge on any atom is -0.454 e. The predicted molar refractivity (Wildman–Crippen MR) is 127 cm³/mol. The van der Waals surface area contributed by atoms with Gasteiger partial charge in [0.1, 0.15) is 12.1 Å². The van der Waals surface area contributed by atoms with E-state index in [0.717, 1.165) is 12.1 Å². The monoisotopic (exact) mass is 506 g/mol. The van der Waals surface area contributed by atoms with Crippen LogP contribution in [0.1, 0.15) is 11.1 Å². The molecule has 3 aromatic heterocycles. The van der Waals surface area contributed by atoms with E-state index in [0.29, 0.717) is 45.5 Å². The lowest BCUT2D eigenvalue weighted by molar-refractivity contribution is -0.137. The molecule has 4 heterocycles. The molecule has 37 heavy (non-hydrogen) atoms. The van der Waals surface area contributed by atoms with Crippen LogP contribution in [0.4, 0.5) is 36.4 Å². The second-order valence-corrected chi connectivity index (χ2v) is 8.05. The number of anilines is 4. The van der Waals surface area contributed by atoms with Gasteiger partial charge in [0.2, 0.25) is 12.7 Å². The first kappa shape index (κ1) is 22.5. The van der Waals surface area contributed by atoms with Crippen LogP contribution in [0.5, 0.6) is 11.5 Å². The first-order valence-corrected chi connectivity index (χ1v) is 11.0. The standard InChI is InChI=1S/C24H17F3N8O2/c25-24(26,27)15-3-1-14(2-4-15)10-35-12-30-20-21(31-16-5-6-17-18(9-16)37-13-36-17)33-23(34-22(20)35)32-19-7-8-28-11-29-19/h1-9,11-12H,10,13H2,(H2,28,29,31,32,33,34). The van der Waals surface area contributed by atoms with Crippen molar-refractivity contribution in [2.24, 2.45) is 0 Å². The molecule has 5 aromatic rings. The highest BCUT2D eigenvalue weighted by molar-refractivity contribution is 5.87. The Balaban J connectivity index is 1.37. The first-order chi connectivity index (χ1) is 17.9. The number of benzene rings is 2. The van der Waals surface area contributed by atoms with Gasteiger partial charge in [0.25, 0.3) is 0 Å². The Hall–Kier alpha value is -4.94. The third kappa shape index (κ3) is 4.66. The van der Waals surface area contributed by atoms with Crippen molar-refractivity contribution in [3.05, 3.63) is 78.5 Å². The summed E-state index contributed by atoms with van der Waals surface area (Å²) in [6.45, 7) is 0.403. The zero-order valence-corrected chi connectivity index (χ0v) is 18.9. The minimum absolute atomic E-state index is 0.151. The molecule has 1 aliphatic heterocycles. The Morgan fingerprint density at radius 2 is 1.76 bits per heavy atom. The van der Waals surface area contributed by atoms with Crippen LogP contribution in [0, 0.1) is 0 Å². The van der Waals surface area contributed by atoms with Crippen LogP contribution in [0.25, 0.3) is 11.2 Å². The number of fused-ring (bicyclic) bond motifs is 2. The number of hydrogen-bond donors (Lipinski definition) is 2. The average Bonchev–Trinajstić information content (AvgIpc) is 3.51. The summed E-state index contributed by atoms with van der Waals surface area (Å²) < 4.78 is 51.4. The van der Waals surface area contributed by atoms with Crippen molar-refractivity contribution in [3.63, 3.8) is 0 Å². The van der Waals surface area contributed by atoms with Gasteiger partial charge in [0.15, 0.2) is 28.5 Å². The Kier molecular flexibility index (Phi) is 5.44. The van der Waals surface area contributed by atoms with Gasteiger partial charge in [-0.05, 0) is 35.9 Å². The van der Waals surface area contributed by atoms with Gasteiger partial charge in [-0.3, -0.25) is 0 Å². The number of hydrogen-bond acceptors (Lipinski definition) is 9.